The van der Waals surface area contributed by atoms with Gasteiger partial charge in [0.1, 0.15) is 5.54 Å². The van der Waals surface area contributed by atoms with Crippen LogP contribution in [0, 0.1) is 5.92 Å². The third-order valence-electron chi connectivity index (χ3n) is 3.96. The van der Waals surface area contributed by atoms with E-state index in [2.05, 4.69) is 24.1 Å². The van der Waals surface area contributed by atoms with E-state index in [9.17, 15) is 9.90 Å². The van der Waals surface area contributed by atoms with E-state index >= 15 is 0 Å². The summed E-state index contributed by atoms with van der Waals surface area (Å²) in [6.07, 6.45) is 3.33. The fraction of sp³-hybridized carbons (Fsp3) is 0.929. The Balaban J connectivity index is 2.57. The quantitative estimate of drug-likeness (QED) is 0.662. The Morgan fingerprint density at radius 2 is 2.11 bits per heavy atom. The van der Waals surface area contributed by atoms with E-state index in [-0.39, 0.29) is 0 Å². The van der Waals surface area contributed by atoms with Gasteiger partial charge in [-0.3, -0.25) is 4.79 Å². The molecule has 0 heterocycles. The number of carbonyl (C=O) groups is 1. The summed E-state index contributed by atoms with van der Waals surface area (Å²) in [7, 11) is 0. The number of nitrogens with one attached hydrogen (secondary N) is 1. The number of hydrogen-bond acceptors (Lipinski definition) is 3. The molecule has 1 aliphatic rings. The van der Waals surface area contributed by atoms with Gasteiger partial charge in [-0.05, 0) is 52.1 Å². The van der Waals surface area contributed by atoms with Crippen molar-refractivity contribution in [2.24, 2.45) is 5.92 Å². The number of rotatable bonds is 9. The maximum absolute atomic E-state index is 11.4. The molecule has 1 aliphatic carbocycles. The van der Waals surface area contributed by atoms with Crippen LogP contribution in [-0.4, -0.2) is 47.2 Å². The average Bonchev–Trinajstić information content (AvgIpc) is 3.09. The first kappa shape index (κ1) is 15.4. The van der Waals surface area contributed by atoms with Gasteiger partial charge < -0.3 is 15.3 Å². The van der Waals surface area contributed by atoms with E-state index in [1.54, 1.807) is 6.92 Å². The molecule has 2 atom stereocenters. The number of carboxylic acid groups (broad SMARTS) is 1. The molecule has 0 aliphatic heterocycles. The van der Waals surface area contributed by atoms with E-state index in [4.69, 9.17) is 0 Å². The molecule has 0 aromatic carbocycles. The van der Waals surface area contributed by atoms with Crippen LogP contribution in [-0.2, 0) is 4.79 Å². The second kappa shape index (κ2) is 6.53. The Morgan fingerprint density at radius 1 is 1.50 bits per heavy atom. The van der Waals surface area contributed by atoms with Gasteiger partial charge in [0.15, 0.2) is 0 Å². The first-order valence-corrected chi connectivity index (χ1v) is 7.15. The van der Waals surface area contributed by atoms with Crippen LogP contribution in [0.4, 0.5) is 0 Å². The van der Waals surface area contributed by atoms with E-state index in [1.165, 1.54) is 12.8 Å². The Morgan fingerprint density at radius 3 is 2.50 bits per heavy atom. The van der Waals surface area contributed by atoms with Gasteiger partial charge in [0.2, 0.25) is 0 Å². The van der Waals surface area contributed by atoms with Crippen LogP contribution in [0.5, 0.6) is 0 Å². The van der Waals surface area contributed by atoms with Gasteiger partial charge in [-0.25, -0.2) is 0 Å². The monoisotopic (exact) mass is 256 g/mol. The third-order valence-corrected chi connectivity index (χ3v) is 3.96. The molecular formula is C14H28N2O2. The van der Waals surface area contributed by atoms with Gasteiger partial charge in [-0.1, -0.05) is 13.8 Å². The topological polar surface area (TPSA) is 52.6 Å². The lowest BCUT2D eigenvalue weighted by Crippen LogP contribution is -2.53. The minimum absolute atomic E-state index is 0.302. The lowest BCUT2D eigenvalue weighted by molar-refractivity contribution is -0.145. The van der Waals surface area contributed by atoms with Crippen molar-refractivity contribution < 1.29 is 9.90 Å². The zero-order valence-electron chi connectivity index (χ0n) is 12.2. The van der Waals surface area contributed by atoms with Crippen LogP contribution in [0.2, 0.25) is 0 Å². The molecule has 0 spiro atoms. The van der Waals surface area contributed by atoms with Crippen molar-refractivity contribution in [2.45, 2.75) is 58.5 Å². The maximum atomic E-state index is 11.4. The number of hydrogen-bond donors (Lipinski definition) is 2. The molecule has 18 heavy (non-hydrogen) atoms. The molecule has 0 radical (unpaired) electrons. The largest absolute Gasteiger partial charge is 0.480 e. The van der Waals surface area contributed by atoms with E-state index in [1.807, 2.05) is 6.92 Å². The predicted octanol–water partition coefficient (Wildman–Crippen LogP) is 1.95. The highest BCUT2D eigenvalue weighted by Crippen LogP contribution is 2.31. The Bertz CT molecular complexity index is 279. The van der Waals surface area contributed by atoms with Crippen LogP contribution in [0.3, 0.4) is 0 Å². The molecule has 1 saturated carbocycles. The molecule has 4 heteroatoms. The smallest absolute Gasteiger partial charge is 0.323 e. The fourth-order valence-electron chi connectivity index (χ4n) is 2.60. The lowest BCUT2D eigenvalue weighted by atomic mass is 9.92. The summed E-state index contributed by atoms with van der Waals surface area (Å²) >= 11 is 0. The second-order valence-corrected chi connectivity index (χ2v) is 5.75. The van der Waals surface area contributed by atoms with Gasteiger partial charge in [-0.2, -0.15) is 0 Å². The van der Waals surface area contributed by atoms with Crippen LogP contribution in [0.25, 0.3) is 0 Å². The van der Waals surface area contributed by atoms with Crippen LogP contribution < -0.4 is 5.32 Å². The molecule has 2 N–H and O–H groups in total. The van der Waals surface area contributed by atoms with Gasteiger partial charge >= 0.3 is 5.97 Å². The van der Waals surface area contributed by atoms with Gasteiger partial charge in [-0.15, -0.1) is 0 Å². The average molecular weight is 256 g/mol. The van der Waals surface area contributed by atoms with Gasteiger partial charge in [0, 0.05) is 12.6 Å². The Kier molecular flexibility index (Phi) is 5.60. The summed E-state index contributed by atoms with van der Waals surface area (Å²) in [5, 5.41) is 12.5. The molecule has 106 valence electrons. The van der Waals surface area contributed by atoms with Crippen LogP contribution in [0.1, 0.15) is 47.0 Å². The van der Waals surface area contributed by atoms with Gasteiger partial charge in [0.25, 0.3) is 0 Å². The Hall–Kier alpha value is -0.610. The van der Waals surface area contributed by atoms with Crippen LogP contribution >= 0.6 is 0 Å². The van der Waals surface area contributed by atoms with Crippen molar-refractivity contribution in [3.8, 4) is 0 Å². The molecule has 0 aromatic heterocycles. The standard InChI is InChI=1S/C14H28N2O2/c1-5-15-14(4,13(17)18)9-11(3)16(6-2)10-12-7-8-12/h11-12,15H,5-10H2,1-4H3,(H,17,18). The molecule has 4 nitrogen and oxygen atoms in total. The molecule has 1 rings (SSSR count). The van der Waals surface area contributed by atoms with Crippen molar-refractivity contribution in [3.63, 3.8) is 0 Å². The first-order chi connectivity index (χ1) is 8.42. The first-order valence-electron chi connectivity index (χ1n) is 7.15. The summed E-state index contributed by atoms with van der Waals surface area (Å²) in [6, 6.07) is 0.302. The Labute approximate surface area is 111 Å². The zero-order chi connectivity index (χ0) is 13.8. The highest BCUT2D eigenvalue weighted by molar-refractivity contribution is 5.78. The summed E-state index contributed by atoms with van der Waals surface area (Å²) in [5.41, 5.74) is -0.814. The van der Waals surface area contributed by atoms with Crippen LogP contribution in [0.15, 0.2) is 0 Å². The summed E-state index contributed by atoms with van der Waals surface area (Å²) in [4.78, 5) is 13.8. The molecule has 0 saturated heterocycles. The predicted molar refractivity (Wildman–Crippen MR) is 73.8 cm³/mol. The SMILES string of the molecule is CCNC(C)(CC(C)N(CC)CC1CC1)C(=O)O. The van der Waals surface area contributed by atoms with Gasteiger partial charge in [0.05, 0.1) is 0 Å². The van der Waals surface area contributed by atoms with E-state index in [0.29, 0.717) is 19.0 Å². The normalized spacial score (nSPS) is 20.7. The van der Waals surface area contributed by atoms with Crippen molar-refractivity contribution in [1.29, 1.82) is 0 Å². The number of aliphatic carboxylic acids is 1. The summed E-state index contributed by atoms with van der Waals surface area (Å²) < 4.78 is 0. The minimum Gasteiger partial charge on any atom is -0.480 e. The number of nitrogens with zero attached hydrogens (tertiary/aromatic N) is 1. The molecule has 2 unspecified atom stereocenters. The van der Waals surface area contributed by atoms with Crippen molar-refractivity contribution in [1.82, 2.24) is 10.2 Å². The summed E-state index contributed by atoms with van der Waals surface area (Å²) in [6.45, 7) is 10.9. The fourth-order valence-corrected chi connectivity index (χ4v) is 2.60. The van der Waals surface area contributed by atoms with Crippen molar-refractivity contribution >= 4 is 5.97 Å². The summed E-state index contributed by atoms with van der Waals surface area (Å²) in [5.74, 6) is 0.0984. The third kappa shape index (κ3) is 4.25. The maximum Gasteiger partial charge on any atom is 0.323 e. The zero-order valence-corrected chi connectivity index (χ0v) is 12.2. The highest BCUT2D eigenvalue weighted by Gasteiger charge is 2.36. The number of likely N-dealkylation sites (N-methyl/N-ethyl adjacent to an activating group) is 1. The lowest BCUT2D eigenvalue weighted by Gasteiger charge is -2.34. The van der Waals surface area contributed by atoms with E-state index < -0.39 is 11.5 Å². The van der Waals surface area contributed by atoms with E-state index in [0.717, 1.165) is 19.0 Å². The molecule has 0 aromatic rings. The molecule has 1 fully saturated rings. The number of carboxylic acids is 1. The minimum atomic E-state index is -0.814. The van der Waals surface area contributed by atoms with Crippen molar-refractivity contribution in [3.05, 3.63) is 0 Å². The molecule has 0 amide bonds. The second-order valence-electron chi connectivity index (χ2n) is 5.75. The van der Waals surface area contributed by atoms with Crippen molar-refractivity contribution in [2.75, 3.05) is 19.6 Å². The molecule has 0 bridgehead atoms. The highest BCUT2D eigenvalue weighted by atomic mass is 16.4. The molecular weight excluding hydrogens is 228 g/mol.